The first-order valence-corrected chi connectivity index (χ1v) is 9.53. The molecule has 0 unspecified atom stereocenters. The number of aromatic nitrogens is 3. The number of benzene rings is 2. The average Bonchev–Trinajstić information content (AvgIpc) is 3.12. The fourth-order valence-electron chi connectivity index (χ4n) is 3.14. The molecule has 0 aliphatic carbocycles. The van der Waals surface area contributed by atoms with Crippen LogP contribution in [-0.2, 0) is 19.1 Å². The van der Waals surface area contributed by atoms with Crippen LogP contribution in [0.4, 0.5) is 17.6 Å². The number of halogens is 4. The van der Waals surface area contributed by atoms with Crippen molar-refractivity contribution in [1.82, 2.24) is 13.9 Å². The zero-order valence-corrected chi connectivity index (χ0v) is 16.0. The summed E-state index contributed by atoms with van der Waals surface area (Å²) in [4.78, 5) is 17.1. The zero-order chi connectivity index (χ0) is 21.5. The first-order valence-electron chi connectivity index (χ1n) is 8.76. The van der Waals surface area contributed by atoms with Crippen molar-refractivity contribution in [3.63, 3.8) is 0 Å². The van der Waals surface area contributed by atoms with E-state index in [1.54, 1.807) is 18.2 Å². The maximum absolute atomic E-state index is 13.5. The molecule has 4 aromatic rings. The Morgan fingerprint density at radius 2 is 1.87 bits per heavy atom. The number of nitrogens with zero attached hydrogens (tertiary/aromatic N) is 3. The van der Waals surface area contributed by atoms with E-state index >= 15 is 0 Å². The van der Waals surface area contributed by atoms with Crippen molar-refractivity contribution in [2.24, 2.45) is 0 Å². The number of phenolic OH excluding ortho intramolecular Hbond substituents is 1. The van der Waals surface area contributed by atoms with Gasteiger partial charge in [0.1, 0.15) is 22.8 Å². The second-order valence-corrected chi connectivity index (χ2v) is 7.25. The Hall–Kier alpha value is -3.27. The van der Waals surface area contributed by atoms with Gasteiger partial charge in [-0.1, -0.05) is 24.3 Å². The predicted octanol–water partition coefficient (Wildman–Crippen LogP) is 4.63. The van der Waals surface area contributed by atoms with Crippen molar-refractivity contribution in [1.29, 1.82) is 0 Å². The summed E-state index contributed by atoms with van der Waals surface area (Å²) in [5.41, 5.74) is -1.46. The number of hydrogen-bond donors (Lipinski definition) is 1. The molecule has 2 aromatic heterocycles. The van der Waals surface area contributed by atoms with Crippen LogP contribution in [0.15, 0.2) is 53.3 Å². The number of rotatable bonds is 4. The lowest BCUT2D eigenvalue weighted by Gasteiger charge is -2.14. The molecule has 10 heteroatoms. The minimum atomic E-state index is -4.81. The highest BCUT2D eigenvalue weighted by Crippen LogP contribution is 2.35. The minimum Gasteiger partial charge on any atom is -0.507 e. The van der Waals surface area contributed by atoms with Gasteiger partial charge in [0.25, 0.3) is 5.56 Å². The Morgan fingerprint density at radius 3 is 2.57 bits per heavy atom. The summed E-state index contributed by atoms with van der Waals surface area (Å²) in [5, 5.41) is 9.59. The average molecular weight is 435 g/mol. The largest absolute Gasteiger partial charge is 0.507 e. The summed E-state index contributed by atoms with van der Waals surface area (Å²) in [7, 11) is 0. The third-order valence-corrected chi connectivity index (χ3v) is 5.26. The summed E-state index contributed by atoms with van der Waals surface area (Å²) in [6.45, 7) is -0.0674. The Labute approximate surface area is 171 Å². The standard InChI is InChI=1S/C20H13F4N3O2S/c21-12-5-3-4-11(10-12)8-9-27-17(13-6-1-2-7-14(13)28)25-18-15(19(27)29)16(26-30-18)20(22,23)24/h1-7,10,28H,8-9H2. The number of alkyl halides is 3. The van der Waals surface area contributed by atoms with Crippen molar-refractivity contribution < 1.29 is 22.7 Å². The smallest absolute Gasteiger partial charge is 0.435 e. The lowest BCUT2D eigenvalue weighted by Crippen LogP contribution is -2.26. The molecule has 30 heavy (non-hydrogen) atoms. The van der Waals surface area contributed by atoms with E-state index in [-0.39, 0.29) is 34.9 Å². The van der Waals surface area contributed by atoms with Gasteiger partial charge in [0.05, 0.1) is 5.56 Å². The second-order valence-electron chi connectivity index (χ2n) is 6.50. The monoisotopic (exact) mass is 435 g/mol. The molecule has 2 aromatic carbocycles. The van der Waals surface area contributed by atoms with Crippen molar-refractivity contribution in [2.75, 3.05) is 0 Å². The van der Waals surface area contributed by atoms with Gasteiger partial charge in [-0.15, -0.1) is 0 Å². The number of hydrogen-bond acceptors (Lipinski definition) is 5. The van der Waals surface area contributed by atoms with Crippen molar-refractivity contribution in [3.05, 3.63) is 76.0 Å². The fraction of sp³-hybridized carbons (Fsp3) is 0.150. The third-order valence-electron chi connectivity index (χ3n) is 4.52. The Balaban J connectivity index is 1.92. The number of para-hydroxylation sites is 1. The molecule has 0 bridgehead atoms. The summed E-state index contributed by atoms with van der Waals surface area (Å²) in [6.07, 6.45) is -4.64. The molecule has 0 atom stereocenters. The van der Waals surface area contributed by atoms with Crippen LogP contribution in [0.2, 0.25) is 0 Å². The van der Waals surface area contributed by atoms with Gasteiger partial charge in [-0.2, -0.15) is 17.5 Å². The van der Waals surface area contributed by atoms with Gasteiger partial charge in [-0.3, -0.25) is 9.36 Å². The molecule has 5 nitrogen and oxygen atoms in total. The van der Waals surface area contributed by atoms with Crippen molar-refractivity contribution in [2.45, 2.75) is 19.1 Å². The molecular formula is C20H13F4N3O2S. The number of aromatic hydroxyl groups is 1. The minimum absolute atomic E-state index is 0.0133. The fourth-order valence-corrected chi connectivity index (χ4v) is 3.92. The Bertz CT molecular complexity index is 1300. The molecule has 0 spiro atoms. The van der Waals surface area contributed by atoms with Crippen LogP contribution in [0.3, 0.4) is 0 Å². The molecule has 0 saturated heterocycles. The summed E-state index contributed by atoms with van der Waals surface area (Å²) < 4.78 is 57.9. The number of phenols is 1. The van der Waals surface area contributed by atoms with Crippen LogP contribution in [0, 0.1) is 5.82 Å². The van der Waals surface area contributed by atoms with E-state index in [1.807, 2.05) is 0 Å². The van der Waals surface area contributed by atoms with Crippen LogP contribution in [0.25, 0.3) is 21.6 Å². The summed E-state index contributed by atoms with van der Waals surface area (Å²) in [5.74, 6) is -0.626. The van der Waals surface area contributed by atoms with E-state index in [0.717, 1.165) is 4.57 Å². The van der Waals surface area contributed by atoms with Crippen molar-refractivity contribution >= 4 is 21.7 Å². The molecule has 0 saturated carbocycles. The molecule has 0 amide bonds. The topological polar surface area (TPSA) is 68.0 Å². The molecule has 0 radical (unpaired) electrons. The van der Waals surface area contributed by atoms with Gasteiger partial charge in [0.15, 0.2) is 10.5 Å². The van der Waals surface area contributed by atoms with E-state index in [0.29, 0.717) is 17.1 Å². The van der Waals surface area contributed by atoms with E-state index in [9.17, 15) is 27.5 Å². The van der Waals surface area contributed by atoms with Gasteiger partial charge in [-0.05, 0) is 47.8 Å². The van der Waals surface area contributed by atoms with E-state index in [2.05, 4.69) is 9.36 Å². The molecule has 2 heterocycles. The van der Waals surface area contributed by atoms with Crippen LogP contribution in [-0.4, -0.2) is 19.0 Å². The Kier molecular flexibility index (Phi) is 5.02. The highest BCUT2D eigenvalue weighted by Gasteiger charge is 2.38. The van der Waals surface area contributed by atoms with Gasteiger partial charge in [0.2, 0.25) is 0 Å². The van der Waals surface area contributed by atoms with Gasteiger partial charge >= 0.3 is 6.18 Å². The summed E-state index contributed by atoms with van der Waals surface area (Å²) in [6, 6.07) is 11.8. The lowest BCUT2D eigenvalue weighted by molar-refractivity contribution is -0.139. The van der Waals surface area contributed by atoms with E-state index < -0.39 is 28.6 Å². The van der Waals surface area contributed by atoms with Crippen LogP contribution >= 0.6 is 11.5 Å². The first-order chi connectivity index (χ1) is 14.3. The van der Waals surface area contributed by atoms with Crippen LogP contribution < -0.4 is 5.56 Å². The molecule has 1 N–H and O–H groups in total. The predicted molar refractivity (Wildman–Crippen MR) is 104 cm³/mol. The number of fused-ring (bicyclic) bond motifs is 1. The lowest BCUT2D eigenvalue weighted by atomic mass is 10.1. The maximum Gasteiger partial charge on any atom is 0.435 e. The van der Waals surface area contributed by atoms with Crippen LogP contribution in [0.5, 0.6) is 5.75 Å². The zero-order valence-electron chi connectivity index (χ0n) is 15.2. The molecular weight excluding hydrogens is 422 g/mol. The van der Waals surface area contributed by atoms with Gasteiger partial charge < -0.3 is 5.11 Å². The van der Waals surface area contributed by atoms with E-state index in [4.69, 9.17) is 0 Å². The highest BCUT2D eigenvalue weighted by atomic mass is 32.1. The third kappa shape index (κ3) is 3.65. The summed E-state index contributed by atoms with van der Waals surface area (Å²) >= 11 is 0.469. The normalized spacial score (nSPS) is 11.9. The SMILES string of the molecule is O=c1c2c(C(F)(F)F)nsc2nc(-c2ccccc2O)n1CCc1cccc(F)c1. The molecule has 0 aliphatic heterocycles. The second kappa shape index (κ2) is 7.52. The van der Waals surface area contributed by atoms with Crippen LogP contribution in [0.1, 0.15) is 11.3 Å². The van der Waals surface area contributed by atoms with E-state index in [1.165, 1.54) is 30.3 Å². The molecule has 0 aliphatic rings. The van der Waals surface area contributed by atoms with Gasteiger partial charge in [0, 0.05) is 6.54 Å². The quantitative estimate of drug-likeness (QED) is 0.475. The highest BCUT2D eigenvalue weighted by molar-refractivity contribution is 7.12. The molecule has 0 fully saturated rings. The van der Waals surface area contributed by atoms with Crippen molar-refractivity contribution in [3.8, 4) is 17.1 Å². The van der Waals surface area contributed by atoms with Gasteiger partial charge in [-0.25, -0.2) is 9.37 Å². The first kappa shape index (κ1) is 20.0. The number of aryl methyl sites for hydroxylation is 1. The molecule has 154 valence electrons. The maximum atomic E-state index is 13.5. The Morgan fingerprint density at radius 1 is 1.10 bits per heavy atom. The molecule has 4 rings (SSSR count).